The van der Waals surface area contributed by atoms with Gasteiger partial charge in [-0.05, 0) is 12.8 Å². The molecule has 0 aliphatic rings. The topological polar surface area (TPSA) is 53.4 Å². The number of aromatic nitrogens is 1. The molecule has 4 nitrogen and oxygen atoms in total. The molecule has 1 unspecified atom stereocenters. The average Bonchev–Trinajstić information content (AvgIpc) is 2.91. The average molecular weight is 304 g/mol. The minimum atomic E-state index is -0.928. The lowest BCUT2D eigenvalue weighted by atomic mass is 10.1. The van der Waals surface area contributed by atoms with Crippen LogP contribution in [0.5, 0.6) is 0 Å². The lowest BCUT2D eigenvalue weighted by Gasteiger charge is -2.27. The second-order valence-corrected chi connectivity index (χ2v) is 6.42. The predicted molar refractivity (Wildman–Crippen MR) is 87.2 cm³/mol. The van der Waals surface area contributed by atoms with Crippen molar-refractivity contribution in [2.45, 2.75) is 26.8 Å². The van der Waals surface area contributed by atoms with Crippen molar-refractivity contribution in [2.24, 2.45) is 5.92 Å². The summed E-state index contributed by atoms with van der Waals surface area (Å²) in [5.74, 6) is -0.462. The highest BCUT2D eigenvalue weighted by molar-refractivity contribution is 7.17. The molecule has 0 saturated heterocycles. The SMILES string of the molecule is CC(C)C(C)N(C)c1nc(-c2ccccc2)c(C(=O)O)s1. The highest BCUT2D eigenvalue weighted by Crippen LogP contribution is 2.34. The van der Waals surface area contributed by atoms with Crippen LogP contribution in [0.15, 0.2) is 30.3 Å². The molecule has 2 rings (SSSR count). The van der Waals surface area contributed by atoms with Gasteiger partial charge in [0, 0.05) is 18.7 Å². The van der Waals surface area contributed by atoms with Gasteiger partial charge in [0.2, 0.25) is 0 Å². The highest BCUT2D eigenvalue weighted by Gasteiger charge is 2.23. The third-order valence-corrected chi connectivity index (χ3v) is 4.87. The molecule has 1 aromatic heterocycles. The number of carbonyl (C=O) groups is 1. The molecule has 1 aromatic carbocycles. The fourth-order valence-corrected chi connectivity index (χ4v) is 2.99. The fraction of sp³-hybridized carbons (Fsp3) is 0.375. The zero-order valence-corrected chi connectivity index (χ0v) is 13.5. The van der Waals surface area contributed by atoms with E-state index in [4.69, 9.17) is 0 Å². The molecule has 0 spiro atoms. The number of hydrogen-bond acceptors (Lipinski definition) is 4. The monoisotopic (exact) mass is 304 g/mol. The third kappa shape index (κ3) is 3.24. The molecule has 0 aliphatic carbocycles. The number of anilines is 1. The maximum atomic E-state index is 11.5. The molecule has 1 heterocycles. The summed E-state index contributed by atoms with van der Waals surface area (Å²) >= 11 is 1.23. The second-order valence-electron chi connectivity index (χ2n) is 5.44. The molecule has 0 amide bonds. The normalized spacial score (nSPS) is 12.4. The molecule has 112 valence electrons. The number of hydrogen-bond donors (Lipinski definition) is 1. The van der Waals surface area contributed by atoms with E-state index in [9.17, 15) is 9.90 Å². The fourth-order valence-electron chi connectivity index (χ4n) is 2.02. The summed E-state index contributed by atoms with van der Waals surface area (Å²) in [5, 5.41) is 10.2. The van der Waals surface area contributed by atoms with Crippen LogP contribution in [0.4, 0.5) is 5.13 Å². The molecule has 0 bridgehead atoms. The van der Waals surface area contributed by atoms with Gasteiger partial charge < -0.3 is 10.0 Å². The minimum Gasteiger partial charge on any atom is -0.477 e. The van der Waals surface area contributed by atoms with Gasteiger partial charge in [0.25, 0.3) is 0 Å². The van der Waals surface area contributed by atoms with Gasteiger partial charge in [0.15, 0.2) is 5.13 Å². The van der Waals surface area contributed by atoms with E-state index in [1.54, 1.807) is 0 Å². The van der Waals surface area contributed by atoms with Crippen molar-refractivity contribution in [3.8, 4) is 11.3 Å². The summed E-state index contributed by atoms with van der Waals surface area (Å²) in [7, 11) is 1.96. The van der Waals surface area contributed by atoms with E-state index in [1.165, 1.54) is 11.3 Å². The van der Waals surface area contributed by atoms with Crippen LogP contribution in [0.25, 0.3) is 11.3 Å². The molecule has 1 N–H and O–H groups in total. The van der Waals surface area contributed by atoms with Gasteiger partial charge in [-0.3, -0.25) is 0 Å². The Morgan fingerprint density at radius 1 is 1.24 bits per heavy atom. The summed E-state index contributed by atoms with van der Waals surface area (Å²) in [6.07, 6.45) is 0. The quantitative estimate of drug-likeness (QED) is 0.907. The zero-order valence-electron chi connectivity index (χ0n) is 12.7. The van der Waals surface area contributed by atoms with E-state index in [-0.39, 0.29) is 0 Å². The van der Waals surface area contributed by atoms with E-state index in [0.29, 0.717) is 22.5 Å². The number of benzene rings is 1. The Hall–Kier alpha value is -1.88. The zero-order chi connectivity index (χ0) is 15.6. The summed E-state index contributed by atoms with van der Waals surface area (Å²) in [5.41, 5.74) is 1.38. The molecule has 0 aliphatic heterocycles. The number of carboxylic acids is 1. The lowest BCUT2D eigenvalue weighted by Crippen LogP contribution is -2.32. The van der Waals surface area contributed by atoms with Crippen molar-refractivity contribution in [1.29, 1.82) is 0 Å². The molecule has 0 saturated carbocycles. The van der Waals surface area contributed by atoms with E-state index < -0.39 is 5.97 Å². The van der Waals surface area contributed by atoms with Gasteiger partial charge in [-0.1, -0.05) is 55.5 Å². The standard InChI is InChI=1S/C16H20N2O2S/c1-10(2)11(3)18(4)16-17-13(14(21-16)15(19)20)12-8-6-5-7-9-12/h5-11H,1-4H3,(H,19,20). The number of carboxylic acid groups (broad SMARTS) is 1. The summed E-state index contributed by atoms with van der Waals surface area (Å²) < 4.78 is 0. The molecular formula is C16H20N2O2S. The third-order valence-electron chi connectivity index (χ3n) is 3.73. The van der Waals surface area contributed by atoms with Gasteiger partial charge in [0.05, 0.1) is 5.69 Å². The highest BCUT2D eigenvalue weighted by atomic mass is 32.1. The maximum Gasteiger partial charge on any atom is 0.348 e. The van der Waals surface area contributed by atoms with Gasteiger partial charge in [-0.25, -0.2) is 9.78 Å². The van der Waals surface area contributed by atoms with Crippen LogP contribution in [-0.2, 0) is 0 Å². The van der Waals surface area contributed by atoms with Gasteiger partial charge in [-0.15, -0.1) is 0 Å². The lowest BCUT2D eigenvalue weighted by molar-refractivity contribution is 0.0702. The Balaban J connectivity index is 2.45. The first kappa shape index (κ1) is 15.5. The molecule has 0 radical (unpaired) electrons. The molecule has 2 aromatic rings. The second kappa shape index (κ2) is 6.26. The molecule has 5 heteroatoms. The Morgan fingerprint density at radius 2 is 1.86 bits per heavy atom. The molecule has 21 heavy (non-hydrogen) atoms. The Labute approximate surface area is 129 Å². The number of rotatable bonds is 5. The molecular weight excluding hydrogens is 284 g/mol. The van der Waals surface area contributed by atoms with Crippen LogP contribution in [0.1, 0.15) is 30.4 Å². The van der Waals surface area contributed by atoms with Crippen LogP contribution >= 0.6 is 11.3 Å². The van der Waals surface area contributed by atoms with Crippen LogP contribution in [0.3, 0.4) is 0 Å². The Morgan fingerprint density at radius 3 is 2.38 bits per heavy atom. The number of aromatic carboxylic acids is 1. The van der Waals surface area contributed by atoms with E-state index in [0.717, 1.165) is 10.7 Å². The van der Waals surface area contributed by atoms with Crippen LogP contribution in [0, 0.1) is 5.92 Å². The van der Waals surface area contributed by atoms with Crippen molar-refractivity contribution in [3.63, 3.8) is 0 Å². The predicted octanol–water partition coefficient (Wildman–Crippen LogP) is 3.99. The number of thiazole rings is 1. The van der Waals surface area contributed by atoms with Crippen LogP contribution in [-0.4, -0.2) is 29.1 Å². The Kier molecular flexibility index (Phi) is 4.63. The smallest absolute Gasteiger partial charge is 0.348 e. The first-order chi connectivity index (χ1) is 9.91. The minimum absolute atomic E-state index is 0.291. The van der Waals surface area contributed by atoms with Crippen LogP contribution < -0.4 is 4.90 Å². The van der Waals surface area contributed by atoms with Gasteiger partial charge in [0.1, 0.15) is 4.88 Å². The van der Waals surface area contributed by atoms with Crippen molar-refractivity contribution < 1.29 is 9.90 Å². The van der Waals surface area contributed by atoms with Crippen molar-refractivity contribution in [3.05, 3.63) is 35.2 Å². The van der Waals surface area contributed by atoms with Gasteiger partial charge >= 0.3 is 5.97 Å². The van der Waals surface area contributed by atoms with Crippen molar-refractivity contribution in [1.82, 2.24) is 4.98 Å². The summed E-state index contributed by atoms with van der Waals surface area (Å²) in [6.45, 7) is 6.41. The first-order valence-corrected chi connectivity index (χ1v) is 7.75. The van der Waals surface area contributed by atoms with Crippen LogP contribution in [0.2, 0.25) is 0 Å². The first-order valence-electron chi connectivity index (χ1n) is 6.94. The molecule has 0 fully saturated rings. The summed E-state index contributed by atoms with van der Waals surface area (Å²) in [4.78, 5) is 18.4. The van der Waals surface area contributed by atoms with E-state index in [1.807, 2.05) is 42.3 Å². The number of nitrogens with zero attached hydrogens (tertiary/aromatic N) is 2. The maximum absolute atomic E-state index is 11.5. The van der Waals surface area contributed by atoms with Gasteiger partial charge in [-0.2, -0.15) is 0 Å². The van der Waals surface area contributed by atoms with Crippen molar-refractivity contribution in [2.75, 3.05) is 11.9 Å². The summed E-state index contributed by atoms with van der Waals surface area (Å²) in [6, 6.07) is 9.75. The largest absolute Gasteiger partial charge is 0.477 e. The van der Waals surface area contributed by atoms with Crippen molar-refractivity contribution >= 4 is 22.4 Å². The molecule has 1 atom stereocenters. The van der Waals surface area contributed by atoms with E-state index >= 15 is 0 Å². The van der Waals surface area contributed by atoms with E-state index in [2.05, 4.69) is 25.8 Å². The Bertz CT molecular complexity index is 622.